The number of rotatable bonds is 7. The first-order valence-electron chi connectivity index (χ1n) is 5.63. The van der Waals surface area contributed by atoms with Crippen LogP contribution in [0.15, 0.2) is 30.3 Å². The van der Waals surface area contributed by atoms with Gasteiger partial charge >= 0.3 is 5.97 Å². The van der Waals surface area contributed by atoms with E-state index in [1.54, 1.807) is 0 Å². The Balaban J connectivity index is 2.09. The molecule has 0 unspecified atom stereocenters. The average Bonchev–Trinajstić information content (AvgIpc) is 2.31. The first kappa shape index (κ1) is 12.7. The molecule has 0 amide bonds. The highest BCUT2D eigenvalue weighted by Gasteiger charge is 2.02. The van der Waals surface area contributed by atoms with Crippen LogP contribution in [0.4, 0.5) is 0 Å². The second kappa shape index (κ2) is 7.88. The number of unbranched alkanes of at least 4 members (excludes halogenated alkanes) is 1. The van der Waals surface area contributed by atoms with Crippen molar-refractivity contribution in [3.63, 3.8) is 0 Å². The summed E-state index contributed by atoms with van der Waals surface area (Å²) in [6.45, 7) is 0.569. The molecule has 3 heteroatoms. The van der Waals surface area contributed by atoms with Gasteiger partial charge in [0.1, 0.15) is 0 Å². The number of ether oxygens (including phenoxy) is 1. The lowest BCUT2D eigenvalue weighted by molar-refractivity contribution is -0.143. The molecular formula is C13H18O3. The number of carbonyl (C=O) groups is 1. The Hall–Kier alpha value is -1.35. The largest absolute Gasteiger partial charge is 0.465 e. The van der Waals surface area contributed by atoms with Gasteiger partial charge in [-0.25, -0.2) is 0 Å². The summed E-state index contributed by atoms with van der Waals surface area (Å²) in [5, 5.41) is 8.55. The molecular weight excluding hydrogens is 204 g/mol. The maximum atomic E-state index is 11.2. The number of esters is 1. The minimum Gasteiger partial charge on any atom is -0.465 e. The number of hydrogen-bond acceptors (Lipinski definition) is 3. The van der Waals surface area contributed by atoms with E-state index in [4.69, 9.17) is 9.84 Å². The quantitative estimate of drug-likeness (QED) is 0.566. The van der Waals surface area contributed by atoms with Gasteiger partial charge in [-0.1, -0.05) is 30.3 Å². The third kappa shape index (κ3) is 5.51. The van der Waals surface area contributed by atoms with Crippen molar-refractivity contribution >= 4 is 5.97 Å². The topological polar surface area (TPSA) is 46.5 Å². The van der Waals surface area contributed by atoms with Gasteiger partial charge in [0.05, 0.1) is 6.61 Å². The SMILES string of the molecule is O=C(CCCCO)OCCc1ccccc1. The first-order chi connectivity index (χ1) is 7.83. The van der Waals surface area contributed by atoms with E-state index in [-0.39, 0.29) is 12.6 Å². The van der Waals surface area contributed by atoms with Crippen LogP contribution in [0, 0.1) is 0 Å². The molecule has 0 heterocycles. The number of aliphatic hydroxyl groups excluding tert-OH is 1. The second-order valence-corrected chi connectivity index (χ2v) is 3.64. The summed E-state index contributed by atoms with van der Waals surface area (Å²) >= 11 is 0. The average molecular weight is 222 g/mol. The zero-order chi connectivity index (χ0) is 11.6. The molecule has 3 nitrogen and oxygen atoms in total. The van der Waals surface area contributed by atoms with Crippen molar-refractivity contribution in [3.8, 4) is 0 Å². The monoisotopic (exact) mass is 222 g/mol. The first-order valence-corrected chi connectivity index (χ1v) is 5.63. The summed E-state index contributed by atoms with van der Waals surface area (Å²) < 4.78 is 5.07. The van der Waals surface area contributed by atoms with E-state index >= 15 is 0 Å². The van der Waals surface area contributed by atoms with Crippen LogP contribution in [0.1, 0.15) is 24.8 Å². The lowest BCUT2D eigenvalue weighted by Crippen LogP contribution is -2.07. The summed E-state index contributed by atoms with van der Waals surface area (Å²) in [4.78, 5) is 11.2. The molecule has 1 N–H and O–H groups in total. The van der Waals surface area contributed by atoms with Crippen molar-refractivity contribution in [2.24, 2.45) is 0 Å². The van der Waals surface area contributed by atoms with Crippen LogP contribution < -0.4 is 0 Å². The highest BCUT2D eigenvalue weighted by Crippen LogP contribution is 2.01. The number of aliphatic hydroxyl groups is 1. The fourth-order valence-electron chi connectivity index (χ4n) is 1.38. The fourth-order valence-corrected chi connectivity index (χ4v) is 1.38. The summed E-state index contributed by atoms with van der Waals surface area (Å²) in [6.07, 6.45) is 2.51. The number of carbonyl (C=O) groups excluding carboxylic acids is 1. The van der Waals surface area contributed by atoms with Gasteiger partial charge in [-0.05, 0) is 18.4 Å². The molecule has 0 aromatic heterocycles. The van der Waals surface area contributed by atoms with E-state index in [0.717, 1.165) is 6.42 Å². The number of hydrogen-bond donors (Lipinski definition) is 1. The second-order valence-electron chi connectivity index (χ2n) is 3.64. The molecule has 0 radical (unpaired) electrons. The molecule has 0 spiro atoms. The predicted molar refractivity (Wildman–Crippen MR) is 62.0 cm³/mol. The van der Waals surface area contributed by atoms with Gasteiger partial charge in [-0.2, -0.15) is 0 Å². The van der Waals surface area contributed by atoms with Gasteiger partial charge < -0.3 is 9.84 Å². The van der Waals surface area contributed by atoms with Crippen LogP contribution in [-0.4, -0.2) is 24.3 Å². The van der Waals surface area contributed by atoms with Crippen LogP contribution in [0.25, 0.3) is 0 Å². The molecule has 0 aliphatic heterocycles. The molecule has 1 rings (SSSR count). The molecule has 0 aliphatic rings. The van der Waals surface area contributed by atoms with E-state index < -0.39 is 0 Å². The van der Waals surface area contributed by atoms with Crippen LogP contribution in [0.3, 0.4) is 0 Å². The Bertz CT molecular complexity index is 295. The normalized spacial score (nSPS) is 10.1. The molecule has 0 saturated carbocycles. The lowest BCUT2D eigenvalue weighted by atomic mass is 10.2. The summed E-state index contributed by atoms with van der Waals surface area (Å²) in [5.41, 5.74) is 1.17. The highest BCUT2D eigenvalue weighted by molar-refractivity contribution is 5.69. The Morgan fingerprint density at radius 3 is 2.62 bits per heavy atom. The Labute approximate surface area is 96.1 Å². The van der Waals surface area contributed by atoms with Crippen molar-refractivity contribution in [3.05, 3.63) is 35.9 Å². The maximum Gasteiger partial charge on any atom is 0.305 e. The van der Waals surface area contributed by atoms with Gasteiger partial charge in [0.25, 0.3) is 0 Å². The molecule has 16 heavy (non-hydrogen) atoms. The molecule has 1 aromatic carbocycles. The molecule has 88 valence electrons. The van der Waals surface area contributed by atoms with Crippen molar-refractivity contribution in [1.29, 1.82) is 0 Å². The van der Waals surface area contributed by atoms with Crippen LogP contribution in [-0.2, 0) is 16.0 Å². The Morgan fingerprint density at radius 2 is 1.94 bits per heavy atom. The molecule has 0 saturated heterocycles. The van der Waals surface area contributed by atoms with Crippen molar-refractivity contribution < 1.29 is 14.6 Å². The van der Waals surface area contributed by atoms with Crippen LogP contribution >= 0.6 is 0 Å². The predicted octanol–water partition coefficient (Wildman–Crippen LogP) is 1.93. The zero-order valence-electron chi connectivity index (χ0n) is 9.39. The van der Waals surface area contributed by atoms with Gasteiger partial charge in [0.2, 0.25) is 0 Å². The van der Waals surface area contributed by atoms with Gasteiger partial charge in [0.15, 0.2) is 0 Å². The molecule has 0 atom stereocenters. The van der Waals surface area contributed by atoms with E-state index in [9.17, 15) is 4.79 Å². The highest BCUT2D eigenvalue weighted by atomic mass is 16.5. The number of benzene rings is 1. The third-order valence-electron chi connectivity index (χ3n) is 2.29. The van der Waals surface area contributed by atoms with Crippen LogP contribution in [0.5, 0.6) is 0 Å². The minimum atomic E-state index is -0.176. The van der Waals surface area contributed by atoms with Gasteiger partial charge in [-0.3, -0.25) is 4.79 Å². The van der Waals surface area contributed by atoms with Gasteiger partial charge in [-0.15, -0.1) is 0 Å². The third-order valence-corrected chi connectivity index (χ3v) is 2.29. The van der Waals surface area contributed by atoms with E-state index in [2.05, 4.69) is 0 Å². The Morgan fingerprint density at radius 1 is 1.19 bits per heavy atom. The standard InChI is InChI=1S/C13H18O3/c14-10-5-4-8-13(15)16-11-9-12-6-2-1-3-7-12/h1-3,6-7,14H,4-5,8-11H2. The van der Waals surface area contributed by atoms with E-state index in [1.807, 2.05) is 30.3 Å². The van der Waals surface area contributed by atoms with Crippen molar-refractivity contribution in [2.45, 2.75) is 25.7 Å². The van der Waals surface area contributed by atoms with Crippen molar-refractivity contribution in [2.75, 3.05) is 13.2 Å². The maximum absolute atomic E-state index is 11.2. The summed E-state index contributed by atoms with van der Waals surface area (Å²) in [7, 11) is 0. The Kier molecular flexibility index (Phi) is 6.26. The smallest absolute Gasteiger partial charge is 0.305 e. The minimum absolute atomic E-state index is 0.136. The molecule has 1 aromatic rings. The van der Waals surface area contributed by atoms with Gasteiger partial charge in [0, 0.05) is 19.4 Å². The van der Waals surface area contributed by atoms with Crippen molar-refractivity contribution in [1.82, 2.24) is 0 Å². The molecule has 0 fully saturated rings. The summed E-state index contributed by atoms with van der Waals surface area (Å²) in [5.74, 6) is -0.176. The van der Waals surface area contributed by atoms with E-state index in [0.29, 0.717) is 25.9 Å². The molecule has 0 bridgehead atoms. The fraction of sp³-hybridized carbons (Fsp3) is 0.462. The lowest BCUT2D eigenvalue weighted by Gasteiger charge is -2.04. The van der Waals surface area contributed by atoms with Crippen LogP contribution in [0.2, 0.25) is 0 Å². The molecule has 0 aliphatic carbocycles. The zero-order valence-corrected chi connectivity index (χ0v) is 9.39. The summed E-state index contributed by atoms with van der Waals surface area (Å²) in [6, 6.07) is 9.93. The van der Waals surface area contributed by atoms with E-state index in [1.165, 1.54) is 5.56 Å².